The van der Waals surface area contributed by atoms with Gasteiger partial charge in [-0.3, -0.25) is 0 Å². The third-order valence-corrected chi connectivity index (χ3v) is 3.12. The molecule has 0 saturated heterocycles. The van der Waals surface area contributed by atoms with Crippen molar-refractivity contribution in [2.45, 2.75) is 26.8 Å². The van der Waals surface area contributed by atoms with Crippen LogP contribution in [0.3, 0.4) is 0 Å². The summed E-state index contributed by atoms with van der Waals surface area (Å²) in [5.74, 6) is 0. The van der Waals surface area contributed by atoms with Crippen LogP contribution < -0.4 is 10.2 Å². The van der Waals surface area contributed by atoms with Crippen molar-refractivity contribution in [3.05, 3.63) is 28.8 Å². The Bertz CT molecular complexity index is 358. The van der Waals surface area contributed by atoms with Gasteiger partial charge in [0.1, 0.15) is 0 Å². The number of rotatable bonds is 8. The molecule has 1 aromatic carbocycles. The third-order valence-electron chi connectivity index (χ3n) is 2.88. The minimum atomic E-state index is 0.155. The van der Waals surface area contributed by atoms with Crippen molar-refractivity contribution in [1.82, 2.24) is 5.32 Å². The summed E-state index contributed by atoms with van der Waals surface area (Å²) < 4.78 is 0. The van der Waals surface area contributed by atoms with Gasteiger partial charge in [0.25, 0.3) is 0 Å². The first-order valence-electron chi connectivity index (χ1n) is 6.57. The maximum absolute atomic E-state index is 9.11. The van der Waals surface area contributed by atoms with Gasteiger partial charge in [0.2, 0.25) is 0 Å². The Morgan fingerprint density at radius 1 is 1.33 bits per heavy atom. The van der Waals surface area contributed by atoms with Gasteiger partial charge < -0.3 is 15.3 Å². The van der Waals surface area contributed by atoms with Crippen LogP contribution in [0.1, 0.15) is 25.8 Å². The number of hydrogen-bond donors (Lipinski definition) is 2. The number of nitrogens with one attached hydrogen (secondary N) is 1. The van der Waals surface area contributed by atoms with Crippen LogP contribution in [-0.2, 0) is 6.54 Å². The summed E-state index contributed by atoms with van der Waals surface area (Å²) in [5, 5.41) is 13.2. The predicted molar refractivity (Wildman–Crippen MR) is 78.4 cm³/mol. The highest BCUT2D eigenvalue weighted by atomic mass is 35.5. The van der Waals surface area contributed by atoms with Gasteiger partial charge in [0.15, 0.2) is 0 Å². The molecule has 0 bridgehead atoms. The number of likely N-dealkylation sites (N-methyl/N-ethyl adjacent to an activating group) is 1. The van der Waals surface area contributed by atoms with Gasteiger partial charge in [-0.05, 0) is 37.6 Å². The van der Waals surface area contributed by atoms with Crippen molar-refractivity contribution in [2.75, 3.05) is 31.1 Å². The number of benzene rings is 1. The molecule has 0 fully saturated rings. The minimum Gasteiger partial charge on any atom is -0.395 e. The monoisotopic (exact) mass is 270 g/mol. The Hall–Kier alpha value is -0.770. The van der Waals surface area contributed by atoms with Gasteiger partial charge in [-0.1, -0.05) is 24.6 Å². The van der Waals surface area contributed by atoms with Crippen LogP contribution >= 0.6 is 11.6 Å². The summed E-state index contributed by atoms with van der Waals surface area (Å²) in [6, 6.07) is 5.95. The van der Waals surface area contributed by atoms with Gasteiger partial charge in [-0.25, -0.2) is 0 Å². The molecule has 0 saturated carbocycles. The normalized spacial score (nSPS) is 10.7. The molecule has 0 spiro atoms. The summed E-state index contributed by atoms with van der Waals surface area (Å²) in [7, 11) is 0. The van der Waals surface area contributed by atoms with Gasteiger partial charge in [0, 0.05) is 30.3 Å². The largest absolute Gasteiger partial charge is 0.395 e. The fourth-order valence-corrected chi connectivity index (χ4v) is 2.12. The number of aliphatic hydroxyl groups excluding tert-OH is 1. The van der Waals surface area contributed by atoms with E-state index in [-0.39, 0.29) is 6.61 Å². The molecular formula is C14H23ClN2O. The van der Waals surface area contributed by atoms with Crippen molar-refractivity contribution < 1.29 is 5.11 Å². The molecule has 3 nitrogen and oxygen atoms in total. The second kappa shape index (κ2) is 8.35. The number of anilines is 1. The van der Waals surface area contributed by atoms with Crippen molar-refractivity contribution in [2.24, 2.45) is 0 Å². The zero-order valence-electron chi connectivity index (χ0n) is 11.2. The van der Waals surface area contributed by atoms with E-state index >= 15 is 0 Å². The topological polar surface area (TPSA) is 35.5 Å². The first-order chi connectivity index (χ1) is 8.72. The van der Waals surface area contributed by atoms with Crippen molar-refractivity contribution in [3.8, 4) is 0 Å². The fourth-order valence-electron chi connectivity index (χ4n) is 1.95. The molecule has 0 aliphatic rings. The van der Waals surface area contributed by atoms with E-state index in [1.54, 1.807) is 0 Å². The molecule has 1 rings (SSSR count). The lowest BCUT2D eigenvalue weighted by Crippen LogP contribution is -2.28. The minimum absolute atomic E-state index is 0.155. The van der Waals surface area contributed by atoms with Crippen LogP contribution in [0, 0.1) is 0 Å². The zero-order valence-corrected chi connectivity index (χ0v) is 12.0. The quantitative estimate of drug-likeness (QED) is 0.713. The van der Waals surface area contributed by atoms with Gasteiger partial charge >= 0.3 is 0 Å². The highest BCUT2D eigenvalue weighted by molar-refractivity contribution is 6.30. The maximum atomic E-state index is 9.11. The maximum Gasteiger partial charge on any atom is 0.0606 e. The molecule has 102 valence electrons. The summed E-state index contributed by atoms with van der Waals surface area (Å²) in [5.41, 5.74) is 2.34. The van der Waals surface area contributed by atoms with E-state index in [0.717, 1.165) is 36.8 Å². The number of hydrogen-bond acceptors (Lipinski definition) is 3. The van der Waals surface area contributed by atoms with Gasteiger partial charge in [0.05, 0.1) is 6.61 Å². The predicted octanol–water partition coefficient (Wildman–Crippen LogP) is 2.66. The average molecular weight is 271 g/mol. The lowest BCUT2D eigenvalue weighted by Gasteiger charge is -2.25. The number of nitrogens with zero attached hydrogens (tertiary/aromatic N) is 1. The van der Waals surface area contributed by atoms with Crippen LogP contribution in [0.2, 0.25) is 5.02 Å². The molecule has 0 radical (unpaired) electrons. The lowest BCUT2D eigenvalue weighted by atomic mass is 10.1. The SMILES string of the molecule is CCCNCc1ccc(Cl)cc1N(CC)CCO. The molecule has 1 aromatic rings. The van der Waals surface area contributed by atoms with E-state index in [9.17, 15) is 0 Å². The molecule has 18 heavy (non-hydrogen) atoms. The van der Waals surface area contributed by atoms with Crippen molar-refractivity contribution in [3.63, 3.8) is 0 Å². The molecule has 0 aromatic heterocycles. The van der Waals surface area contributed by atoms with Crippen molar-refractivity contribution >= 4 is 17.3 Å². The molecule has 0 aliphatic carbocycles. The Kier molecular flexibility index (Phi) is 7.09. The molecule has 0 unspecified atom stereocenters. The molecule has 2 N–H and O–H groups in total. The molecule has 0 atom stereocenters. The second-order valence-corrected chi connectivity index (χ2v) is 4.69. The number of aliphatic hydroxyl groups is 1. The van der Waals surface area contributed by atoms with Crippen LogP contribution in [-0.4, -0.2) is 31.3 Å². The van der Waals surface area contributed by atoms with E-state index in [0.29, 0.717) is 6.54 Å². The highest BCUT2D eigenvalue weighted by Crippen LogP contribution is 2.24. The van der Waals surface area contributed by atoms with Crippen LogP contribution in [0.15, 0.2) is 18.2 Å². The zero-order chi connectivity index (χ0) is 13.4. The van der Waals surface area contributed by atoms with Gasteiger partial charge in [-0.15, -0.1) is 0 Å². The Morgan fingerprint density at radius 3 is 2.72 bits per heavy atom. The van der Waals surface area contributed by atoms with E-state index < -0.39 is 0 Å². The summed E-state index contributed by atoms with van der Waals surface area (Å²) >= 11 is 6.07. The van der Waals surface area contributed by atoms with Crippen LogP contribution in [0.5, 0.6) is 0 Å². The van der Waals surface area contributed by atoms with Crippen LogP contribution in [0.25, 0.3) is 0 Å². The first-order valence-corrected chi connectivity index (χ1v) is 6.95. The van der Waals surface area contributed by atoms with E-state index in [4.69, 9.17) is 16.7 Å². The van der Waals surface area contributed by atoms with E-state index in [1.165, 1.54) is 5.56 Å². The second-order valence-electron chi connectivity index (χ2n) is 4.25. The Morgan fingerprint density at radius 2 is 2.11 bits per heavy atom. The summed E-state index contributed by atoms with van der Waals surface area (Å²) in [6.45, 7) is 7.73. The first kappa shape index (κ1) is 15.3. The fraction of sp³-hybridized carbons (Fsp3) is 0.571. The molecule has 0 heterocycles. The molecule has 0 aliphatic heterocycles. The highest BCUT2D eigenvalue weighted by Gasteiger charge is 2.09. The van der Waals surface area contributed by atoms with Gasteiger partial charge in [-0.2, -0.15) is 0 Å². The molecule has 4 heteroatoms. The van der Waals surface area contributed by atoms with E-state index in [2.05, 4.69) is 30.1 Å². The smallest absolute Gasteiger partial charge is 0.0606 e. The van der Waals surface area contributed by atoms with E-state index in [1.807, 2.05) is 12.1 Å². The van der Waals surface area contributed by atoms with Crippen molar-refractivity contribution in [1.29, 1.82) is 0 Å². The summed E-state index contributed by atoms with van der Waals surface area (Å²) in [6.07, 6.45) is 1.12. The van der Waals surface area contributed by atoms with Crippen LogP contribution in [0.4, 0.5) is 5.69 Å². The standard InChI is InChI=1S/C14H23ClN2O/c1-3-7-16-11-12-5-6-13(15)10-14(12)17(4-2)8-9-18/h5-6,10,16,18H,3-4,7-9,11H2,1-2H3. The molecular weight excluding hydrogens is 248 g/mol. The summed E-state index contributed by atoms with van der Waals surface area (Å²) in [4.78, 5) is 2.15. The Labute approximate surface area is 115 Å². The lowest BCUT2D eigenvalue weighted by molar-refractivity contribution is 0.302. The number of halogens is 1. The third kappa shape index (κ3) is 4.48. The average Bonchev–Trinajstić information content (AvgIpc) is 2.38. The molecule has 0 amide bonds. The Balaban J connectivity index is 2.87.